The summed E-state index contributed by atoms with van der Waals surface area (Å²) in [6, 6.07) is 0.472. The third-order valence-electron chi connectivity index (χ3n) is 2.34. The first-order chi connectivity index (χ1) is 5.29. The van der Waals surface area contributed by atoms with Gasteiger partial charge in [-0.05, 0) is 6.92 Å². The number of rotatable bonds is 0. The molecule has 0 aromatic carbocycles. The summed E-state index contributed by atoms with van der Waals surface area (Å²) in [5, 5.41) is 6.41. The number of hydrogen-bond acceptors (Lipinski definition) is 2. The normalized spacial score (nSPS) is 34.0. The van der Waals surface area contributed by atoms with Crippen LogP contribution in [-0.2, 0) is 0 Å². The topological polar surface area (TPSA) is 15.6 Å². The number of likely N-dealkylation sites (N-methyl/N-ethyl adjacent to an activating group) is 1. The minimum absolute atomic E-state index is 0.472. The highest BCUT2D eigenvalue weighted by atomic mass is 15.5. The third kappa shape index (κ3) is 0.897. The van der Waals surface area contributed by atoms with Gasteiger partial charge in [0.05, 0.1) is 6.04 Å². The van der Waals surface area contributed by atoms with E-state index in [0.717, 1.165) is 0 Å². The Bertz CT molecular complexity index is 250. The van der Waals surface area contributed by atoms with E-state index in [4.69, 9.17) is 0 Å². The summed E-state index contributed by atoms with van der Waals surface area (Å²) >= 11 is 0. The van der Waals surface area contributed by atoms with E-state index in [-0.39, 0.29) is 0 Å². The Labute approximate surface area is 66.9 Å². The molecule has 0 spiro atoms. The van der Waals surface area contributed by atoms with Crippen LogP contribution in [0, 0.1) is 5.92 Å². The Morgan fingerprint density at radius 2 is 2.09 bits per heavy atom. The highest BCUT2D eigenvalue weighted by Crippen LogP contribution is 2.25. The maximum atomic E-state index is 4.38. The first-order valence-electron chi connectivity index (χ1n) is 3.92. The van der Waals surface area contributed by atoms with Crippen LogP contribution in [0.2, 0.25) is 0 Å². The first-order valence-corrected chi connectivity index (χ1v) is 3.92. The molecule has 0 radical (unpaired) electrons. The molecule has 58 valence electrons. The summed E-state index contributed by atoms with van der Waals surface area (Å²) in [7, 11) is 2.03. The third-order valence-corrected chi connectivity index (χ3v) is 2.34. The monoisotopic (exact) mass is 148 g/mol. The molecule has 0 saturated carbocycles. The number of allylic oxidation sites excluding steroid dienone is 2. The van der Waals surface area contributed by atoms with Crippen LogP contribution in [0.4, 0.5) is 0 Å². The standard InChI is InChI=1S/C9H12N2/c1-7-8-5-3-4-6-9(8)11(2)10-7/h3-6,8-9H,1-2H3. The lowest BCUT2D eigenvalue weighted by Gasteiger charge is -2.21. The van der Waals surface area contributed by atoms with Crippen molar-refractivity contribution in [3.63, 3.8) is 0 Å². The highest BCUT2D eigenvalue weighted by Gasteiger charge is 2.29. The summed E-state index contributed by atoms with van der Waals surface area (Å²) in [5.41, 5.74) is 1.22. The van der Waals surface area contributed by atoms with Crippen LogP contribution in [0.15, 0.2) is 29.4 Å². The van der Waals surface area contributed by atoms with Gasteiger partial charge in [0, 0.05) is 18.7 Å². The van der Waals surface area contributed by atoms with Crippen molar-refractivity contribution in [3.8, 4) is 0 Å². The van der Waals surface area contributed by atoms with E-state index in [1.807, 2.05) is 12.1 Å². The molecular formula is C9H12N2. The quantitative estimate of drug-likeness (QED) is 0.507. The second kappa shape index (κ2) is 2.22. The van der Waals surface area contributed by atoms with Gasteiger partial charge in [-0.2, -0.15) is 5.10 Å². The zero-order valence-corrected chi connectivity index (χ0v) is 6.86. The number of hydrogen-bond donors (Lipinski definition) is 0. The molecule has 0 fully saturated rings. The van der Waals surface area contributed by atoms with Gasteiger partial charge in [-0.25, -0.2) is 0 Å². The number of fused-ring (bicyclic) bond motifs is 1. The molecule has 2 atom stereocenters. The van der Waals surface area contributed by atoms with Crippen LogP contribution in [0.1, 0.15) is 6.92 Å². The molecule has 1 heterocycles. The first kappa shape index (κ1) is 6.65. The Morgan fingerprint density at radius 3 is 2.82 bits per heavy atom. The molecule has 2 aliphatic rings. The molecule has 11 heavy (non-hydrogen) atoms. The lowest BCUT2D eigenvalue weighted by Crippen LogP contribution is -2.28. The molecule has 1 aliphatic heterocycles. The second-order valence-electron chi connectivity index (χ2n) is 3.10. The molecule has 2 rings (SSSR count). The molecule has 0 aromatic heterocycles. The second-order valence-corrected chi connectivity index (χ2v) is 3.10. The fourth-order valence-corrected chi connectivity index (χ4v) is 1.72. The fraction of sp³-hybridized carbons (Fsp3) is 0.444. The summed E-state index contributed by atoms with van der Waals surface area (Å²) < 4.78 is 0. The van der Waals surface area contributed by atoms with Crippen molar-refractivity contribution >= 4 is 5.71 Å². The lowest BCUT2D eigenvalue weighted by molar-refractivity contribution is 0.307. The van der Waals surface area contributed by atoms with Gasteiger partial charge in [-0.3, -0.25) is 5.01 Å². The Hall–Kier alpha value is -1.05. The van der Waals surface area contributed by atoms with Crippen LogP contribution in [0.25, 0.3) is 0 Å². The molecule has 1 aliphatic carbocycles. The molecule has 0 aromatic rings. The number of hydrazone groups is 1. The van der Waals surface area contributed by atoms with Gasteiger partial charge in [-0.1, -0.05) is 24.3 Å². The lowest BCUT2D eigenvalue weighted by atomic mass is 9.93. The zero-order valence-electron chi connectivity index (χ0n) is 6.86. The van der Waals surface area contributed by atoms with Crippen molar-refractivity contribution in [1.29, 1.82) is 0 Å². The highest BCUT2D eigenvalue weighted by molar-refractivity contribution is 5.88. The molecule has 2 nitrogen and oxygen atoms in total. The predicted octanol–water partition coefficient (Wildman–Crippen LogP) is 1.42. The van der Waals surface area contributed by atoms with Crippen LogP contribution in [0.5, 0.6) is 0 Å². The minimum atomic E-state index is 0.472. The summed E-state index contributed by atoms with van der Waals surface area (Å²) in [4.78, 5) is 0. The maximum Gasteiger partial charge on any atom is 0.0766 e. The van der Waals surface area contributed by atoms with Gasteiger partial charge in [0.25, 0.3) is 0 Å². The molecule has 0 N–H and O–H groups in total. The van der Waals surface area contributed by atoms with E-state index in [0.29, 0.717) is 12.0 Å². The van der Waals surface area contributed by atoms with Crippen LogP contribution < -0.4 is 0 Å². The fourth-order valence-electron chi connectivity index (χ4n) is 1.72. The van der Waals surface area contributed by atoms with Gasteiger partial charge in [-0.15, -0.1) is 0 Å². The van der Waals surface area contributed by atoms with Crippen molar-refractivity contribution in [2.45, 2.75) is 13.0 Å². The maximum absolute atomic E-state index is 4.38. The van der Waals surface area contributed by atoms with Crippen LogP contribution >= 0.6 is 0 Å². The summed E-state index contributed by atoms with van der Waals surface area (Å²) in [6.07, 6.45) is 8.60. The van der Waals surface area contributed by atoms with E-state index in [9.17, 15) is 0 Å². The van der Waals surface area contributed by atoms with Crippen molar-refractivity contribution < 1.29 is 0 Å². The Balaban J connectivity index is 2.31. The van der Waals surface area contributed by atoms with Crippen molar-refractivity contribution in [2.75, 3.05) is 7.05 Å². The van der Waals surface area contributed by atoms with E-state index in [1.165, 1.54) is 5.71 Å². The van der Waals surface area contributed by atoms with Gasteiger partial charge in [0.2, 0.25) is 0 Å². The molecule has 2 unspecified atom stereocenters. The van der Waals surface area contributed by atoms with E-state index >= 15 is 0 Å². The van der Waals surface area contributed by atoms with Gasteiger partial charge in [0.1, 0.15) is 0 Å². The average molecular weight is 148 g/mol. The van der Waals surface area contributed by atoms with Gasteiger partial charge >= 0.3 is 0 Å². The van der Waals surface area contributed by atoms with E-state index in [1.54, 1.807) is 0 Å². The zero-order chi connectivity index (χ0) is 7.84. The SMILES string of the molecule is CC1=NN(C)C2C=CC=CC12. The summed E-state index contributed by atoms with van der Waals surface area (Å²) in [5.74, 6) is 0.519. The average Bonchev–Trinajstić information content (AvgIpc) is 2.30. The molecular weight excluding hydrogens is 136 g/mol. The molecule has 0 amide bonds. The van der Waals surface area contributed by atoms with Gasteiger partial charge in [0.15, 0.2) is 0 Å². The van der Waals surface area contributed by atoms with E-state index < -0.39 is 0 Å². The Morgan fingerprint density at radius 1 is 1.36 bits per heavy atom. The van der Waals surface area contributed by atoms with Crippen molar-refractivity contribution in [1.82, 2.24) is 5.01 Å². The molecule has 0 saturated heterocycles. The van der Waals surface area contributed by atoms with Crippen LogP contribution in [0.3, 0.4) is 0 Å². The van der Waals surface area contributed by atoms with Crippen molar-refractivity contribution in [3.05, 3.63) is 24.3 Å². The molecule has 2 heteroatoms. The molecule has 0 bridgehead atoms. The predicted molar refractivity (Wildman–Crippen MR) is 46.4 cm³/mol. The van der Waals surface area contributed by atoms with Crippen LogP contribution in [-0.4, -0.2) is 23.8 Å². The smallest absolute Gasteiger partial charge is 0.0766 e. The largest absolute Gasteiger partial charge is 0.292 e. The van der Waals surface area contributed by atoms with Gasteiger partial charge < -0.3 is 0 Å². The summed E-state index contributed by atoms with van der Waals surface area (Å²) in [6.45, 7) is 2.09. The number of nitrogens with zero attached hydrogens (tertiary/aromatic N) is 2. The van der Waals surface area contributed by atoms with E-state index in [2.05, 4.69) is 36.3 Å². The van der Waals surface area contributed by atoms with Crippen molar-refractivity contribution in [2.24, 2.45) is 11.0 Å². The minimum Gasteiger partial charge on any atom is -0.292 e. The Kier molecular flexibility index (Phi) is 1.34.